The molecular weight excluding hydrogens is 297 g/mol. The molecule has 0 saturated carbocycles. The Morgan fingerprint density at radius 1 is 1.00 bits per heavy atom. The van der Waals surface area contributed by atoms with Crippen molar-refractivity contribution < 1.29 is 10.1 Å². The summed E-state index contributed by atoms with van der Waals surface area (Å²) in [5, 5.41) is 19.3. The molecule has 3 nitrogen and oxygen atoms in total. The summed E-state index contributed by atoms with van der Waals surface area (Å²) in [6.07, 6.45) is 1.91. The number of piperidine rings is 1. The van der Waals surface area contributed by atoms with Crippen LogP contribution in [0.2, 0.25) is 6.82 Å². The van der Waals surface area contributed by atoms with E-state index in [4.69, 9.17) is 0 Å². The molecule has 2 aromatic carbocycles. The van der Waals surface area contributed by atoms with E-state index in [1.54, 1.807) is 0 Å². The Kier molecular flexibility index (Phi) is 5.51. The molecule has 0 spiro atoms. The Hall–Kier alpha value is -1.88. The monoisotopic (exact) mass is 321 g/mol. The quantitative estimate of drug-likeness (QED) is 0.850. The van der Waals surface area contributed by atoms with E-state index in [0.717, 1.165) is 37.1 Å². The van der Waals surface area contributed by atoms with Crippen molar-refractivity contribution in [1.82, 2.24) is 4.81 Å². The van der Waals surface area contributed by atoms with Crippen LogP contribution < -0.4 is 0 Å². The van der Waals surface area contributed by atoms with Crippen LogP contribution in [0.4, 0.5) is 0 Å². The summed E-state index contributed by atoms with van der Waals surface area (Å²) in [5.74, 6) is 0. The first-order valence-corrected chi connectivity index (χ1v) is 8.59. The summed E-state index contributed by atoms with van der Waals surface area (Å²) in [5.41, 5.74) is 6.01. The van der Waals surface area contributed by atoms with Gasteiger partial charge in [0.25, 0.3) is 0 Å². The third-order valence-electron chi connectivity index (χ3n) is 4.74. The van der Waals surface area contributed by atoms with Gasteiger partial charge in [-0.2, -0.15) is 0 Å². The van der Waals surface area contributed by atoms with Crippen LogP contribution in [-0.2, 0) is 6.61 Å². The lowest BCUT2D eigenvalue weighted by molar-refractivity contribution is 0.282. The largest absolute Gasteiger partial charge is 0.437 e. The molecule has 1 heterocycles. The smallest absolute Gasteiger partial charge is 0.376 e. The number of aliphatic hydroxyl groups excluding tert-OH is 1. The van der Waals surface area contributed by atoms with Gasteiger partial charge in [0.05, 0.1) is 6.61 Å². The normalized spacial score (nSPS) is 15.4. The molecule has 1 fully saturated rings. The summed E-state index contributed by atoms with van der Waals surface area (Å²) < 4.78 is 0. The lowest BCUT2D eigenvalue weighted by atomic mass is 9.80. The Morgan fingerprint density at radius 3 is 2.29 bits per heavy atom. The predicted molar refractivity (Wildman–Crippen MR) is 99.5 cm³/mol. The maximum absolute atomic E-state index is 9.79. The highest BCUT2D eigenvalue weighted by Gasteiger charge is 2.23. The number of benzene rings is 2. The van der Waals surface area contributed by atoms with Gasteiger partial charge < -0.3 is 14.9 Å². The van der Waals surface area contributed by atoms with Crippen LogP contribution >= 0.6 is 0 Å². The van der Waals surface area contributed by atoms with Crippen LogP contribution in [-0.4, -0.2) is 35.1 Å². The van der Waals surface area contributed by atoms with Gasteiger partial charge in [0.1, 0.15) is 0 Å². The van der Waals surface area contributed by atoms with Gasteiger partial charge in [-0.25, -0.2) is 0 Å². The molecule has 1 saturated heterocycles. The van der Waals surface area contributed by atoms with Crippen molar-refractivity contribution in [3.63, 3.8) is 0 Å². The highest BCUT2D eigenvalue weighted by molar-refractivity contribution is 6.45. The number of hydrogen-bond donors (Lipinski definition) is 2. The third kappa shape index (κ3) is 3.78. The fourth-order valence-electron chi connectivity index (χ4n) is 3.42. The summed E-state index contributed by atoms with van der Waals surface area (Å²) >= 11 is 0. The maximum Gasteiger partial charge on any atom is 0.376 e. The van der Waals surface area contributed by atoms with Gasteiger partial charge in [-0.1, -0.05) is 54.1 Å². The third-order valence-corrected chi connectivity index (χ3v) is 4.74. The molecule has 124 valence electrons. The Balaban J connectivity index is 2.02. The minimum Gasteiger partial charge on any atom is -0.437 e. The van der Waals surface area contributed by atoms with Gasteiger partial charge >= 0.3 is 7.05 Å². The summed E-state index contributed by atoms with van der Waals surface area (Å²) in [6.45, 7) is 3.64. The molecule has 2 N–H and O–H groups in total. The molecule has 3 rings (SSSR count). The molecule has 0 amide bonds. The molecule has 2 aromatic rings. The van der Waals surface area contributed by atoms with E-state index >= 15 is 0 Å². The molecule has 0 atom stereocenters. The SMILES string of the molecule is CB(O)N1CCC(=C(c2ccccc2)c2cccc(CO)c2)CC1. The lowest BCUT2D eigenvalue weighted by Gasteiger charge is -2.31. The van der Waals surface area contributed by atoms with Crippen LogP contribution in [0.25, 0.3) is 5.57 Å². The Morgan fingerprint density at radius 2 is 1.67 bits per heavy atom. The zero-order chi connectivity index (χ0) is 16.9. The highest BCUT2D eigenvalue weighted by atomic mass is 16.3. The van der Waals surface area contributed by atoms with Gasteiger partial charge in [-0.05, 0) is 61.1 Å². The van der Waals surface area contributed by atoms with E-state index in [9.17, 15) is 10.1 Å². The average molecular weight is 321 g/mol. The molecule has 24 heavy (non-hydrogen) atoms. The molecule has 0 radical (unpaired) electrons. The van der Waals surface area contributed by atoms with Crippen molar-refractivity contribution in [2.45, 2.75) is 26.3 Å². The second-order valence-electron chi connectivity index (χ2n) is 6.37. The summed E-state index contributed by atoms with van der Waals surface area (Å²) in [4.78, 5) is 2.11. The van der Waals surface area contributed by atoms with Crippen LogP contribution in [0.1, 0.15) is 29.5 Å². The molecule has 1 aliphatic rings. The predicted octanol–water partition coefficient (Wildman–Crippen LogP) is 3.19. The van der Waals surface area contributed by atoms with Crippen LogP contribution in [0.15, 0.2) is 60.2 Å². The standard InChI is InChI=1S/C20H24BNO2/c1-21(24)22-12-10-18(11-13-22)20(17-7-3-2-4-8-17)19-9-5-6-16(14-19)15-23/h2-9,14,23-24H,10-13,15H2,1H3. The first-order valence-electron chi connectivity index (χ1n) is 8.59. The highest BCUT2D eigenvalue weighted by Crippen LogP contribution is 2.32. The van der Waals surface area contributed by atoms with E-state index in [-0.39, 0.29) is 13.7 Å². The summed E-state index contributed by atoms with van der Waals surface area (Å²) in [7, 11) is -0.385. The van der Waals surface area contributed by atoms with E-state index < -0.39 is 0 Å². The molecule has 1 aliphatic heterocycles. The minimum absolute atomic E-state index is 0.0566. The summed E-state index contributed by atoms with van der Waals surface area (Å²) in [6, 6.07) is 18.6. The zero-order valence-electron chi connectivity index (χ0n) is 14.2. The lowest BCUT2D eigenvalue weighted by Crippen LogP contribution is -2.41. The second-order valence-corrected chi connectivity index (χ2v) is 6.37. The molecule has 0 aliphatic carbocycles. The van der Waals surface area contributed by atoms with E-state index in [1.807, 2.05) is 25.0 Å². The van der Waals surface area contributed by atoms with Crippen molar-refractivity contribution in [1.29, 1.82) is 0 Å². The average Bonchev–Trinajstić information content (AvgIpc) is 2.63. The van der Waals surface area contributed by atoms with E-state index in [0.29, 0.717) is 0 Å². The van der Waals surface area contributed by atoms with E-state index in [2.05, 4.69) is 41.2 Å². The van der Waals surface area contributed by atoms with Gasteiger partial charge in [0, 0.05) is 0 Å². The van der Waals surface area contributed by atoms with Crippen LogP contribution in [0.3, 0.4) is 0 Å². The fraction of sp³-hybridized carbons (Fsp3) is 0.300. The first kappa shape index (κ1) is 17.0. The topological polar surface area (TPSA) is 43.7 Å². The fourth-order valence-corrected chi connectivity index (χ4v) is 3.42. The zero-order valence-corrected chi connectivity index (χ0v) is 14.2. The van der Waals surface area contributed by atoms with Gasteiger partial charge in [-0.15, -0.1) is 0 Å². The van der Waals surface area contributed by atoms with Crippen molar-refractivity contribution >= 4 is 12.6 Å². The number of hydrogen-bond acceptors (Lipinski definition) is 3. The maximum atomic E-state index is 9.79. The van der Waals surface area contributed by atoms with Crippen molar-refractivity contribution in [2.75, 3.05) is 13.1 Å². The molecule has 4 heteroatoms. The van der Waals surface area contributed by atoms with Gasteiger partial charge in [0.2, 0.25) is 0 Å². The Labute approximate surface area is 144 Å². The number of rotatable bonds is 4. The van der Waals surface area contributed by atoms with Gasteiger partial charge in [-0.3, -0.25) is 0 Å². The number of nitrogens with zero attached hydrogens (tertiary/aromatic N) is 1. The Bertz CT molecular complexity index is 703. The first-order chi connectivity index (χ1) is 11.7. The van der Waals surface area contributed by atoms with Crippen LogP contribution in [0, 0.1) is 0 Å². The number of aliphatic hydroxyl groups is 1. The second kappa shape index (κ2) is 7.80. The van der Waals surface area contributed by atoms with Crippen molar-refractivity contribution in [3.05, 3.63) is 76.9 Å². The minimum atomic E-state index is -0.385. The van der Waals surface area contributed by atoms with Crippen molar-refractivity contribution in [3.8, 4) is 0 Å². The van der Waals surface area contributed by atoms with Gasteiger partial charge in [0.15, 0.2) is 0 Å². The van der Waals surface area contributed by atoms with Crippen LogP contribution in [0.5, 0.6) is 0 Å². The molecule has 0 unspecified atom stereocenters. The van der Waals surface area contributed by atoms with E-state index in [1.165, 1.54) is 16.7 Å². The molecular formula is C20H24BNO2. The van der Waals surface area contributed by atoms with Crippen molar-refractivity contribution in [2.24, 2.45) is 0 Å². The molecule has 0 bridgehead atoms. The molecule has 0 aromatic heterocycles.